The molecule has 0 unspecified atom stereocenters. The Hall–Kier alpha value is -1.79. The van der Waals surface area contributed by atoms with Gasteiger partial charge in [0.25, 0.3) is 0 Å². The first-order valence-corrected chi connectivity index (χ1v) is 12.2. The average molecular weight is 462 g/mol. The molecule has 6 nitrogen and oxygen atoms in total. The molecule has 0 spiro atoms. The van der Waals surface area contributed by atoms with Crippen LogP contribution < -0.4 is 4.90 Å². The standard InChI is InChI=1S/C25H35N3O3.ClH/c29-24(30)10-3-18-1-5-22(6-2-18)27-15-16-28(25(27)31)23-7-4-19-11-13-26(21-8-9-21)14-12-20(19)17-23;/h4,7,17-18,21-22H,1-3,5-6,8-16H2,(H,29,30);1H/t18-,22-;. The van der Waals surface area contributed by atoms with Gasteiger partial charge in [0.15, 0.2) is 0 Å². The topological polar surface area (TPSA) is 64.1 Å². The minimum Gasteiger partial charge on any atom is -0.481 e. The number of urea groups is 1. The van der Waals surface area contributed by atoms with Crippen molar-refractivity contribution in [3.05, 3.63) is 29.3 Å². The highest BCUT2D eigenvalue weighted by molar-refractivity contribution is 5.94. The number of hydrogen-bond acceptors (Lipinski definition) is 3. The summed E-state index contributed by atoms with van der Waals surface area (Å²) in [6, 6.07) is 7.96. The molecule has 0 radical (unpaired) electrons. The van der Waals surface area contributed by atoms with Gasteiger partial charge in [-0.3, -0.25) is 14.6 Å². The van der Waals surface area contributed by atoms with Crippen LogP contribution in [0, 0.1) is 5.92 Å². The third kappa shape index (κ3) is 5.07. The number of carboxylic acid groups (broad SMARTS) is 1. The number of carbonyl (C=O) groups is 2. The number of amides is 2. The van der Waals surface area contributed by atoms with Gasteiger partial charge in [-0.2, -0.15) is 0 Å². The highest BCUT2D eigenvalue weighted by Crippen LogP contribution is 2.34. The summed E-state index contributed by atoms with van der Waals surface area (Å²) in [6.45, 7) is 3.88. The van der Waals surface area contributed by atoms with Crippen LogP contribution in [-0.4, -0.2) is 65.2 Å². The number of fused-ring (bicyclic) bond motifs is 1. The van der Waals surface area contributed by atoms with Gasteiger partial charge in [-0.1, -0.05) is 6.07 Å². The molecule has 2 aliphatic carbocycles. The second-order valence-electron chi connectivity index (χ2n) is 9.95. The number of benzene rings is 1. The molecule has 1 aromatic rings. The molecule has 0 bridgehead atoms. The van der Waals surface area contributed by atoms with Crippen molar-refractivity contribution >= 4 is 30.1 Å². The average Bonchev–Trinajstić information content (AvgIpc) is 3.57. The molecule has 2 amide bonds. The Balaban J connectivity index is 0.00000245. The Morgan fingerprint density at radius 2 is 1.59 bits per heavy atom. The van der Waals surface area contributed by atoms with Gasteiger partial charge < -0.3 is 10.0 Å². The number of rotatable bonds is 6. The van der Waals surface area contributed by atoms with E-state index in [0.717, 1.165) is 76.3 Å². The van der Waals surface area contributed by atoms with E-state index in [1.54, 1.807) is 0 Å². The lowest BCUT2D eigenvalue weighted by molar-refractivity contribution is -0.137. The number of anilines is 1. The maximum atomic E-state index is 13.3. The lowest BCUT2D eigenvalue weighted by Gasteiger charge is -2.34. The second kappa shape index (κ2) is 10.0. The minimum atomic E-state index is -0.700. The summed E-state index contributed by atoms with van der Waals surface area (Å²) in [4.78, 5) is 30.8. The van der Waals surface area contributed by atoms with Gasteiger partial charge in [0.2, 0.25) is 0 Å². The Bertz CT molecular complexity index is 836. The predicted molar refractivity (Wildman–Crippen MR) is 128 cm³/mol. The van der Waals surface area contributed by atoms with E-state index in [1.807, 2.05) is 4.90 Å². The minimum absolute atomic E-state index is 0. The Morgan fingerprint density at radius 3 is 2.28 bits per heavy atom. The Morgan fingerprint density at radius 1 is 0.906 bits per heavy atom. The highest BCUT2D eigenvalue weighted by atomic mass is 35.5. The quantitative estimate of drug-likeness (QED) is 0.684. The first-order chi connectivity index (χ1) is 15.1. The lowest BCUT2D eigenvalue weighted by atomic mass is 9.83. The van der Waals surface area contributed by atoms with E-state index in [4.69, 9.17) is 5.11 Å². The molecule has 0 atom stereocenters. The van der Waals surface area contributed by atoms with Crippen LogP contribution in [0.3, 0.4) is 0 Å². The Kier molecular flexibility index (Phi) is 7.30. The fourth-order valence-electron chi connectivity index (χ4n) is 5.91. The van der Waals surface area contributed by atoms with Gasteiger partial charge >= 0.3 is 12.0 Å². The lowest BCUT2D eigenvalue weighted by Crippen LogP contribution is -2.41. The zero-order valence-electron chi connectivity index (χ0n) is 18.9. The molecule has 5 rings (SSSR count). The molecule has 7 heteroatoms. The number of hydrogen-bond donors (Lipinski definition) is 1. The molecule has 1 saturated heterocycles. The fraction of sp³-hybridized carbons (Fsp3) is 0.680. The monoisotopic (exact) mass is 461 g/mol. The van der Waals surface area contributed by atoms with Crippen LogP contribution in [0.4, 0.5) is 10.5 Å². The smallest absolute Gasteiger partial charge is 0.324 e. The molecule has 176 valence electrons. The maximum Gasteiger partial charge on any atom is 0.324 e. The summed E-state index contributed by atoms with van der Waals surface area (Å²) in [6.07, 6.45) is 10.1. The molecular formula is C25H36ClN3O3. The molecule has 1 aromatic carbocycles. The normalized spacial score (nSPS) is 26.4. The van der Waals surface area contributed by atoms with E-state index in [2.05, 4.69) is 28.0 Å². The molecule has 2 aliphatic heterocycles. The van der Waals surface area contributed by atoms with Crippen LogP contribution in [0.2, 0.25) is 0 Å². The molecular weight excluding hydrogens is 426 g/mol. The molecule has 32 heavy (non-hydrogen) atoms. The first kappa shape index (κ1) is 23.4. The van der Waals surface area contributed by atoms with Crippen LogP contribution in [0.5, 0.6) is 0 Å². The molecule has 3 fully saturated rings. The van der Waals surface area contributed by atoms with Crippen LogP contribution in [0.25, 0.3) is 0 Å². The van der Waals surface area contributed by atoms with Crippen LogP contribution >= 0.6 is 12.4 Å². The third-order valence-electron chi connectivity index (χ3n) is 7.97. The SMILES string of the molecule is Cl.O=C(O)CC[C@H]1CC[C@H](N2CCN(c3ccc4c(c3)CCN(C3CC3)CC4)C2=O)CC1. The molecule has 2 saturated carbocycles. The number of carbonyl (C=O) groups excluding carboxylic acids is 1. The van der Waals surface area contributed by atoms with Crippen molar-refractivity contribution in [2.75, 3.05) is 31.1 Å². The van der Waals surface area contributed by atoms with Crippen molar-refractivity contribution in [3.8, 4) is 0 Å². The summed E-state index contributed by atoms with van der Waals surface area (Å²) < 4.78 is 0. The van der Waals surface area contributed by atoms with Gasteiger partial charge in [0, 0.05) is 50.4 Å². The van der Waals surface area contributed by atoms with Gasteiger partial charge in [-0.05, 0) is 87.0 Å². The van der Waals surface area contributed by atoms with Gasteiger partial charge in [-0.25, -0.2) is 4.79 Å². The van der Waals surface area contributed by atoms with E-state index in [0.29, 0.717) is 12.0 Å². The maximum absolute atomic E-state index is 13.3. The highest BCUT2D eigenvalue weighted by Gasteiger charge is 2.37. The van der Waals surface area contributed by atoms with E-state index in [9.17, 15) is 9.59 Å². The van der Waals surface area contributed by atoms with Crippen molar-refractivity contribution < 1.29 is 14.7 Å². The van der Waals surface area contributed by atoms with Gasteiger partial charge in [0.05, 0.1) is 0 Å². The molecule has 0 aromatic heterocycles. The number of nitrogens with zero attached hydrogens (tertiary/aromatic N) is 3. The van der Waals surface area contributed by atoms with E-state index < -0.39 is 5.97 Å². The first-order valence-electron chi connectivity index (χ1n) is 12.2. The van der Waals surface area contributed by atoms with Crippen molar-refractivity contribution in [3.63, 3.8) is 0 Å². The van der Waals surface area contributed by atoms with E-state index in [1.165, 1.54) is 30.5 Å². The van der Waals surface area contributed by atoms with Gasteiger partial charge in [0.1, 0.15) is 0 Å². The van der Waals surface area contributed by atoms with Crippen molar-refractivity contribution in [1.29, 1.82) is 0 Å². The summed E-state index contributed by atoms with van der Waals surface area (Å²) in [7, 11) is 0. The zero-order chi connectivity index (χ0) is 21.4. The largest absolute Gasteiger partial charge is 0.481 e. The fourth-order valence-corrected chi connectivity index (χ4v) is 5.91. The summed E-state index contributed by atoms with van der Waals surface area (Å²) >= 11 is 0. The molecule has 2 heterocycles. The second-order valence-corrected chi connectivity index (χ2v) is 9.95. The van der Waals surface area contributed by atoms with Crippen molar-refractivity contribution in [2.45, 2.75) is 76.3 Å². The van der Waals surface area contributed by atoms with Crippen LogP contribution in [-0.2, 0) is 17.6 Å². The Labute approximate surface area is 197 Å². The summed E-state index contributed by atoms with van der Waals surface area (Å²) in [5, 5.41) is 8.91. The predicted octanol–water partition coefficient (Wildman–Crippen LogP) is 4.34. The summed E-state index contributed by atoms with van der Waals surface area (Å²) in [5.74, 6) is -0.200. The van der Waals surface area contributed by atoms with Crippen molar-refractivity contribution in [1.82, 2.24) is 9.80 Å². The van der Waals surface area contributed by atoms with Crippen LogP contribution in [0.1, 0.15) is 62.5 Å². The summed E-state index contributed by atoms with van der Waals surface area (Å²) in [5.41, 5.74) is 3.93. The number of halogens is 1. The van der Waals surface area contributed by atoms with E-state index in [-0.39, 0.29) is 24.9 Å². The zero-order valence-corrected chi connectivity index (χ0v) is 19.7. The number of aliphatic carboxylic acids is 1. The van der Waals surface area contributed by atoms with Gasteiger partial charge in [-0.15, -0.1) is 12.4 Å². The van der Waals surface area contributed by atoms with E-state index >= 15 is 0 Å². The van der Waals surface area contributed by atoms with Crippen molar-refractivity contribution in [2.24, 2.45) is 5.92 Å². The molecule has 1 N–H and O–H groups in total. The third-order valence-corrected chi connectivity index (χ3v) is 7.97. The van der Waals surface area contributed by atoms with Crippen LogP contribution in [0.15, 0.2) is 18.2 Å². The molecule has 4 aliphatic rings. The number of carboxylic acids is 1.